The van der Waals surface area contributed by atoms with Gasteiger partial charge in [-0.15, -0.1) is 0 Å². The van der Waals surface area contributed by atoms with Gasteiger partial charge in [0.2, 0.25) is 0 Å². The first kappa shape index (κ1) is 27.0. The molecule has 0 aliphatic heterocycles. The fourth-order valence-electron chi connectivity index (χ4n) is 6.86. The van der Waals surface area contributed by atoms with Crippen LogP contribution in [0.2, 0.25) is 0 Å². The molecule has 6 atom stereocenters. The molecule has 2 saturated carbocycles. The Morgan fingerprint density at radius 2 is 1.63 bits per heavy atom. The van der Waals surface area contributed by atoms with Gasteiger partial charge in [-0.3, -0.25) is 0 Å². The quantitative estimate of drug-likeness (QED) is 0.412. The van der Waals surface area contributed by atoms with Crippen molar-refractivity contribution >= 4 is 0 Å². The average molecular weight is 381 g/mol. The van der Waals surface area contributed by atoms with E-state index in [1.807, 2.05) is 13.8 Å². The summed E-state index contributed by atoms with van der Waals surface area (Å²) in [6, 6.07) is 0. The summed E-state index contributed by atoms with van der Waals surface area (Å²) in [6.45, 7) is 24.1. The molecule has 0 saturated heterocycles. The van der Waals surface area contributed by atoms with E-state index >= 15 is 0 Å². The smallest absolute Gasteiger partial charge is 0.0266 e. The Labute approximate surface area is 174 Å². The molecular weight excluding hydrogens is 324 g/mol. The van der Waals surface area contributed by atoms with Gasteiger partial charge in [0.05, 0.1) is 0 Å². The van der Waals surface area contributed by atoms with Crippen LogP contribution in [0.1, 0.15) is 128 Å². The molecule has 0 amide bonds. The number of rotatable bonds is 7. The average Bonchev–Trinajstić information content (AvgIpc) is 2.92. The Morgan fingerprint density at radius 3 is 2.11 bits per heavy atom. The van der Waals surface area contributed by atoms with Crippen molar-refractivity contribution in [3.8, 4) is 0 Å². The molecule has 0 heterocycles. The van der Waals surface area contributed by atoms with Gasteiger partial charge < -0.3 is 0 Å². The third kappa shape index (κ3) is 5.54. The second-order valence-corrected chi connectivity index (χ2v) is 10.8. The van der Waals surface area contributed by atoms with E-state index in [2.05, 4.69) is 55.4 Å². The number of fused-ring (bicyclic) bond motifs is 1. The summed E-state index contributed by atoms with van der Waals surface area (Å²) in [5.74, 6) is 5.51. The molecule has 0 aromatic carbocycles. The summed E-state index contributed by atoms with van der Waals surface area (Å²) in [5, 5.41) is 0. The lowest BCUT2D eigenvalue weighted by Gasteiger charge is -2.54. The van der Waals surface area contributed by atoms with Crippen LogP contribution in [0.3, 0.4) is 0 Å². The van der Waals surface area contributed by atoms with E-state index in [0.717, 1.165) is 35.5 Å². The standard InChI is InChI=1S/C24H46.C2H6.CH4/c1-9-10-20-11-12-21-19(6)22(14-16-24(20,21)8)23(7,18(4)5)15-13-17(2)3;1-2;/h17-22H,9-16H2,1-8H3;1-2H3;1H4. The van der Waals surface area contributed by atoms with Gasteiger partial charge >= 0.3 is 0 Å². The zero-order chi connectivity index (χ0) is 20.1. The molecule has 0 spiro atoms. The molecular formula is C27H56. The molecule has 2 rings (SSSR count). The highest BCUT2D eigenvalue weighted by Gasteiger charge is 2.55. The lowest BCUT2D eigenvalue weighted by atomic mass is 9.50. The van der Waals surface area contributed by atoms with E-state index < -0.39 is 0 Å². The maximum atomic E-state index is 2.67. The third-order valence-corrected chi connectivity index (χ3v) is 8.93. The van der Waals surface area contributed by atoms with Gasteiger partial charge in [0, 0.05) is 0 Å². The molecule has 164 valence electrons. The summed E-state index contributed by atoms with van der Waals surface area (Å²) in [7, 11) is 0. The van der Waals surface area contributed by atoms with Crippen molar-refractivity contribution in [2.45, 2.75) is 128 Å². The molecule has 0 radical (unpaired) electrons. The van der Waals surface area contributed by atoms with Crippen molar-refractivity contribution < 1.29 is 0 Å². The molecule has 2 fully saturated rings. The Morgan fingerprint density at radius 1 is 1.04 bits per heavy atom. The summed E-state index contributed by atoms with van der Waals surface area (Å²) in [6.07, 6.45) is 11.7. The van der Waals surface area contributed by atoms with Crippen LogP contribution >= 0.6 is 0 Å². The zero-order valence-electron chi connectivity index (χ0n) is 20.1. The second-order valence-electron chi connectivity index (χ2n) is 10.8. The van der Waals surface area contributed by atoms with E-state index in [1.165, 1.54) is 51.4 Å². The van der Waals surface area contributed by atoms with E-state index in [1.54, 1.807) is 0 Å². The van der Waals surface area contributed by atoms with Gasteiger partial charge in [-0.25, -0.2) is 0 Å². The number of hydrogen-bond acceptors (Lipinski definition) is 0. The summed E-state index contributed by atoms with van der Waals surface area (Å²) < 4.78 is 0. The Hall–Kier alpha value is 0. The van der Waals surface area contributed by atoms with Crippen molar-refractivity contribution in [3.05, 3.63) is 0 Å². The first-order valence-electron chi connectivity index (χ1n) is 12.2. The van der Waals surface area contributed by atoms with Gasteiger partial charge in [0.1, 0.15) is 0 Å². The number of hydrogen-bond donors (Lipinski definition) is 0. The van der Waals surface area contributed by atoms with Crippen molar-refractivity contribution in [1.29, 1.82) is 0 Å². The van der Waals surface area contributed by atoms with Gasteiger partial charge in [0.25, 0.3) is 0 Å². The molecule has 6 unspecified atom stereocenters. The molecule has 2 aliphatic rings. The van der Waals surface area contributed by atoms with Crippen LogP contribution in [0, 0.1) is 46.3 Å². The predicted octanol–water partition coefficient (Wildman–Crippen LogP) is 9.63. The van der Waals surface area contributed by atoms with Crippen LogP contribution in [-0.4, -0.2) is 0 Å². The highest BCUT2D eigenvalue weighted by Crippen LogP contribution is 2.63. The van der Waals surface area contributed by atoms with E-state index in [0.29, 0.717) is 10.8 Å². The molecule has 27 heavy (non-hydrogen) atoms. The second kappa shape index (κ2) is 11.3. The molecule has 0 heteroatoms. The van der Waals surface area contributed by atoms with Crippen LogP contribution in [-0.2, 0) is 0 Å². The topological polar surface area (TPSA) is 0 Å². The van der Waals surface area contributed by atoms with Crippen LogP contribution in [0.5, 0.6) is 0 Å². The minimum Gasteiger partial charge on any atom is -0.0776 e. The van der Waals surface area contributed by atoms with Crippen molar-refractivity contribution in [3.63, 3.8) is 0 Å². The predicted molar refractivity (Wildman–Crippen MR) is 126 cm³/mol. The maximum absolute atomic E-state index is 2.67. The van der Waals surface area contributed by atoms with Gasteiger partial charge in [-0.1, -0.05) is 95.9 Å². The largest absolute Gasteiger partial charge is 0.0776 e. The summed E-state index contributed by atoms with van der Waals surface area (Å²) in [4.78, 5) is 0. The highest BCUT2D eigenvalue weighted by molar-refractivity contribution is 5.04. The monoisotopic (exact) mass is 380 g/mol. The summed E-state index contributed by atoms with van der Waals surface area (Å²) in [5.41, 5.74) is 1.19. The normalized spacial score (nSPS) is 35.1. The minimum absolute atomic E-state index is 0. The lowest BCUT2D eigenvalue weighted by molar-refractivity contribution is -0.0549. The van der Waals surface area contributed by atoms with E-state index in [9.17, 15) is 0 Å². The Bertz CT molecular complexity index is 395. The van der Waals surface area contributed by atoms with Crippen LogP contribution in [0.25, 0.3) is 0 Å². The molecule has 0 N–H and O–H groups in total. The SMILES string of the molecule is C.CC.CCCC1CCC2C(C)C(C(C)(CCC(C)C)C(C)C)CCC12C. The van der Waals surface area contributed by atoms with Crippen LogP contribution in [0.4, 0.5) is 0 Å². The molecule has 0 aromatic heterocycles. The van der Waals surface area contributed by atoms with Gasteiger partial charge in [0.15, 0.2) is 0 Å². The van der Waals surface area contributed by atoms with Gasteiger partial charge in [-0.05, 0) is 78.4 Å². The maximum Gasteiger partial charge on any atom is -0.0266 e. The van der Waals surface area contributed by atoms with Gasteiger partial charge in [-0.2, -0.15) is 0 Å². The highest BCUT2D eigenvalue weighted by atomic mass is 14.6. The van der Waals surface area contributed by atoms with Crippen molar-refractivity contribution in [2.75, 3.05) is 0 Å². The fraction of sp³-hybridized carbons (Fsp3) is 1.00. The third-order valence-electron chi connectivity index (χ3n) is 8.93. The Kier molecular flexibility index (Phi) is 11.3. The van der Waals surface area contributed by atoms with Crippen LogP contribution < -0.4 is 0 Å². The fourth-order valence-corrected chi connectivity index (χ4v) is 6.86. The first-order valence-corrected chi connectivity index (χ1v) is 12.2. The molecule has 2 aliphatic carbocycles. The van der Waals surface area contributed by atoms with Crippen molar-refractivity contribution in [2.24, 2.45) is 46.3 Å². The molecule has 0 bridgehead atoms. The Balaban J connectivity index is 0.00000218. The summed E-state index contributed by atoms with van der Waals surface area (Å²) >= 11 is 0. The van der Waals surface area contributed by atoms with E-state index in [4.69, 9.17) is 0 Å². The van der Waals surface area contributed by atoms with Crippen LogP contribution in [0.15, 0.2) is 0 Å². The molecule has 0 aromatic rings. The first-order chi connectivity index (χ1) is 12.2. The lowest BCUT2D eigenvalue weighted by Crippen LogP contribution is -2.47. The van der Waals surface area contributed by atoms with E-state index in [-0.39, 0.29) is 7.43 Å². The molecule has 0 nitrogen and oxygen atoms in total. The minimum atomic E-state index is 0. The zero-order valence-corrected chi connectivity index (χ0v) is 20.1. The van der Waals surface area contributed by atoms with Crippen molar-refractivity contribution in [1.82, 2.24) is 0 Å².